The fourth-order valence-corrected chi connectivity index (χ4v) is 1.13. The molecule has 0 bridgehead atoms. The molecule has 1 heteroatoms. The molecule has 1 unspecified atom stereocenters. The lowest BCUT2D eigenvalue weighted by Crippen LogP contribution is -1.86. The molecule has 0 spiro atoms. The average Bonchev–Trinajstić information content (AvgIpc) is 2.40. The average molecular weight is 135 g/mol. The SMILES string of the molecule is C/C(C#N)=C/C1CC1(C)C. The van der Waals surface area contributed by atoms with Gasteiger partial charge in [0, 0.05) is 5.57 Å². The molecule has 10 heavy (non-hydrogen) atoms. The molecule has 1 fully saturated rings. The third-order valence-corrected chi connectivity index (χ3v) is 2.22. The second-order valence-corrected chi connectivity index (χ2v) is 3.76. The van der Waals surface area contributed by atoms with E-state index in [9.17, 15) is 0 Å². The highest BCUT2D eigenvalue weighted by Crippen LogP contribution is 2.52. The summed E-state index contributed by atoms with van der Waals surface area (Å²) in [5, 5.41) is 8.46. The van der Waals surface area contributed by atoms with Crippen molar-refractivity contribution < 1.29 is 0 Å². The molecule has 0 amide bonds. The second-order valence-electron chi connectivity index (χ2n) is 3.76. The molecule has 1 aliphatic carbocycles. The Morgan fingerprint density at radius 3 is 2.50 bits per heavy atom. The van der Waals surface area contributed by atoms with Crippen LogP contribution in [-0.4, -0.2) is 0 Å². The van der Waals surface area contributed by atoms with Crippen LogP contribution in [0.5, 0.6) is 0 Å². The maximum atomic E-state index is 8.46. The van der Waals surface area contributed by atoms with E-state index in [1.807, 2.05) is 6.92 Å². The van der Waals surface area contributed by atoms with Gasteiger partial charge in [0.15, 0.2) is 0 Å². The minimum Gasteiger partial charge on any atom is -0.193 e. The summed E-state index contributed by atoms with van der Waals surface area (Å²) in [6, 6.07) is 2.14. The third kappa shape index (κ3) is 1.39. The van der Waals surface area contributed by atoms with Crippen LogP contribution < -0.4 is 0 Å². The summed E-state index contributed by atoms with van der Waals surface area (Å²) < 4.78 is 0. The van der Waals surface area contributed by atoms with Gasteiger partial charge in [0.2, 0.25) is 0 Å². The van der Waals surface area contributed by atoms with Gasteiger partial charge in [-0.1, -0.05) is 19.9 Å². The van der Waals surface area contributed by atoms with Crippen LogP contribution in [0.2, 0.25) is 0 Å². The molecule has 0 N–H and O–H groups in total. The third-order valence-electron chi connectivity index (χ3n) is 2.22. The van der Waals surface area contributed by atoms with Crippen molar-refractivity contribution in [2.75, 3.05) is 0 Å². The van der Waals surface area contributed by atoms with E-state index >= 15 is 0 Å². The summed E-state index contributed by atoms with van der Waals surface area (Å²) in [7, 11) is 0. The van der Waals surface area contributed by atoms with E-state index in [-0.39, 0.29) is 0 Å². The van der Waals surface area contributed by atoms with Gasteiger partial charge < -0.3 is 0 Å². The zero-order chi connectivity index (χ0) is 7.78. The Morgan fingerprint density at radius 1 is 1.70 bits per heavy atom. The fourth-order valence-electron chi connectivity index (χ4n) is 1.13. The highest BCUT2D eigenvalue weighted by atomic mass is 14.5. The Bertz CT molecular complexity index is 205. The number of hydrogen-bond acceptors (Lipinski definition) is 1. The highest BCUT2D eigenvalue weighted by Gasteiger charge is 2.43. The van der Waals surface area contributed by atoms with E-state index in [0.29, 0.717) is 11.3 Å². The van der Waals surface area contributed by atoms with Crippen LogP contribution in [0.15, 0.2) is 11.6 Å². The molecular formula is C9H13N. The van der Waals surface area contributed by atoms with Gasteiger partial charge in [-0.05, 0) is 24.7 Å². The predicted octanol–water partition coefficient (Wildman–Crippen LogP) is 2.50. The number of nitriles is 1. The topological polar surface area (TPSA) is 23.8 Å². The summed E-state index contributed by atoms with van der Waals surface area (Å²) in [4.78, 5) is 0. The molecule has 0 aliphatic heterocycles. The van der Waals surface area contributed by atoms with E-state index in [1.54, 1.807) is 0 Å². The van der Waals surface area contributed by atoms with Gasteiger partial charge in [0.25, 0.3) is 0 Å². The maximum Gasteiger partial charge on any atom is 0.0940 e. The van der Waals surface area contributed by atoms with E-state index < -0.39 is 0 Å². The Hall–Kier alpha value is -0.770. The summed E-state index contributed by atoms with van der Waals surface area (Å²) >= 11 is 0. The molecule has 1 atom stereocenters. The zero-order valence-corrected chi connectivity index (χ0v) is 6.81. The minimum atomic E-state index is 0.470. The number of hydrogen-bond donors (Lipinski definition) is 0. The zero-order valence-electron chi connectivity index (χ0n) is 6.81. The minimum absolute atomic E-state index is 0.470. The van der Waals surface area contributed by atoms with Crippen molar-refractivity contribution in [2.24, 2.45) is 11.3 Å². The molecule has 0 aromatic heterocycles. The first-order valence-corrected chi connectivity index (χ1v) is 3.65. The Kier molecular flexibility index (Phi) is 1.56. The van der Waals surface area contributed by atoms with Crippen molar-refractivity contribution in [1.82, 2.24) is 0 Å². The fraction of sp³-hybridized carbons (Fsp3) is 0.667. The van der Waals surface area contributed by atoms with Crippen LogP contribution in [0, 0.1) is 22.7 Å². The standard InChI is InChI=1S/C9H13N/c1-7(6-10)4-8-5-9(8,2)3/h4,8H,5H2,1-3H3/b7-4-. The first-order valence-electron chi connectivity index (χ1n) is 3.65. The van der Waals surface area contributed by atoms with E-state index in [2.05, 4.69) is 26.0 Å². The van der Waals surface area contributed by atoms with Gasteiger partial charge in [0.1, 0.15) is 0 Å². The smallest absolute Gasteiger partial charge is 0.0940 e. The monoisotopic (exact) mass is 135 g/mol. The van der Waals surface area contributed by atoms with Gasteiger partial charge in [-0.2, -0.15) is 5.26 Å². The number of rotatable bonds is 1. The number of nitrogens with zero attached hydrogens (tertiary/aromatic N) is 1. The van der Waals surface area contributed by atoms with Gasteiger partial charge in [-0.3, -0.25) is 0 Å². The van der Waals surface area contributed by atoms with E-state index in [4.69, 9.17) is 5.26 Å². The van der Waals surface area contributed by atoms with Gasteiger partial charge in [0.05, 0.1) is 6.07 Å². The molecule has 1 aliphatic rings. The lowest BCUT2D eigenvalue weighted by molar-refractivity contribution is 0.609. The van der Waals surface area contributed by atoms with Crippen molar-refractivity contribution in [3.8, 4) is 6.07 Å². The van der Waals surface area contributed by atoms with E-state index in [1.165, 1.54) is 6.42 Å². The molecule has 1 saturated carbocycles. The van der Waals surface area contributed by atoms with Crippen LogP contribution in [0.3, 0.4) is 0 Å². The molecule has 54 valence electrons. The summed E-state index contributed by atoms with van der Waals surface area (Å²) in [5.74, 6) is 0.659. The summed E-state index contributed by atoms with van der Waals surface area (Å²) in [5.41, 5.74) is 1.33. The highest BCUT2D eigenvalue weighted by molar-refractivity contribution is 5.22. The lowest BCUT2D eigenvalue weighted by atomic mass is 10.1. The Morgan fingerprint density at radius 2 is 2.20 bits per heavy atom. The van der Waals surface area contributed by atoms with Crippen LogP contribution in [-0.2, 0) is 0 Å². The maximum absolute atomic E-state index is 8.46. The molecule has 0 radical (unpaired) electrons. The molecule has 0 saturated heterocycles. The van der Waals surface area contributed by atoms with Crippen LogP contribution in [0.1, 0.15) is 27.2 Å². The quantitative estimate of drug-likeness (QED) is 0.507. The van der Waals surface area contributed by atoms with Gasteiger partial charge >= 0.3 is 0 Å². The summed E-state index contributed by atoms with van der Waals surface area (Å²) in [6.45, 7) is 6.34. The van der Waals surface area contributed by atoms with Gasteiger partial charge in [-0.15, -0.1) is 0 Å². The van der Waals surface area contributed by atoms with E-state index in [0.717, 1.165) is 5.57 Å². The van der Waals surface area contributed by atoms with Crippen molar-refractivity contribution in [3.05, 3.63) is 11.6 Å². The molecule has 1 rings (SSSR count). The van der Waals surface area contributed by atoms with Crippen LogP contribution >= 0.6 is 0 Å². The molecular weight excluding hydrogens is 122 g/mol. The molecule has 0 heterocycles. The molecule has 0 aromatic rings. The van der Waals surface area contributed by atoms with Crippen LogP contribution in [0.4, 0.5) is 0 Å². The van der Waals surface area contributed by atoms with Gasteiger partial charge in [-0.25, -0.2) is 0 Å². The van der Waals surface area contributed by atoms with Crippen molar-refractivity contribution in [2.45, 2.75) is 27.2 Å². The lowest BCUT2D eigenvalue weighted by Gasteiger charge is -1.95. The largest absolute Gasteiger partial charge is 0.193 e. The Balaban J connectivity index is 2.52. The summed E-state index contributed by atoms with van der Waals surface area (Å²) in [6.07, 6.45) is 3.33. The van der Waals surface area contributed by atoms with Crippen molar-refractivity contribution >= 4 is 0 Å². The predicted molar refractivity (Wildman–Crippen MR) is 41.3 cm³/mol. The first-order chi connectivity index (χ1) is 4.56. The van der Waals surface area contributed by atoms with Crippen molar-refractivity contribution in [1.29, 1.82) is 5.26 Å². The molecule has 1 nitrogen and oxygen atoms in total. The first kappa shape index (κ1) is 7.34. The second kappa shape index (κ2) is 2.12. The van der Waals surface area contributed by atoms with Crippen molar-refractivity contribution in [3.63, 3.8) is 0 Å². The van der Waals surface area contributed by atoms with Crippen LogP contribution in [0.25, 0.3) is 0 Å². The molecule has 0 aromatic carbocycles. The normalized spacial score (nSPS) is 29.4. The Labute approximate surface area is 62.4 Å². The number of allylic oxidation sites excluding steroid dienone is 2.